The first kappa shape index (κ1) is 14.1. The van der Waals surface area contributed by atoms with Gasteiger partial charge in [-0.25, -0.2) is 4.68 Å². The number of rotatable bonds is 5. The van der Waals surface area contributed by atoms with Gasteiger partial charge in [-0.05, 0) is 29.8 Å². The Morgan fingerprint density at radius 1 is 1.23 bits per heavy atom. The van der Waals surface area contributed by atoms with Crippen LogP contribution in [0.2, 0.25) is 0 Å². The first-order valence-electron chi connectivity index (χ1n) is 6.94. The number of ether oxygens (including phenoxy) is 1. The second-order valence-corrected chi connectivity index (χ2v) is 4.86. The van der Waals surface area contributed by atoms with Crippen LogP contribution in [0.15, 0.2) is 48.5 Å². The van der Waals surface area contributed by atoms with E-state index in [0.29, 0.717) is 6.54 Å². The van der Waals surface area contributed by atoms with Crippen LogP contribution in [0.1, 0.15) is 5.56 Å². The number of carbonyl (C=O) groups excluding carboxylic acids is 1. The number of hydrogen-bond acceptors (Lipinski definition) is 4. The van der Waals surface area contributed by atoms with Crippen molar-refractivity contribution in [3.05, 3.63) is 54.1 Å². The van der Waals surface area contributed by atoms with Crippen LogP contribution < -0.4 is 10.1 Å². The first-order valence-corrected chi connectivity index (χ1v) is 6.94. The zero-order chi connectivity index (χ0) is 15.4. The standard InChI is InChI=1S/C16H16N4O2/c1-22-13-6-4-5-12(9-13)10-17-16(21)11-20-15-8-3-2-7-14(15)18-19-20/h2-9H,10-11H2,1H3,(H,17,21). The third-order valence-electron chi connectivity index (χ3n) is 3.34. The lowest BCUT2D eigenvalue weighted by Gasteiger charge is -2.07. The highest BCUT2D eigenvalue weighted by atomic mass is 16.5. The van der Waals surface area contributed by atoms with Gasteiger partial charge in [0.25, 0.3) is 0 Å². The topological polar surface area (TPSA) is 69.0 Å². The van der Waals surface area contributed by atoms with Crippen molar-refractivity contribution in [3.63, 3.8) is 0 Å². The summed E-state index contributed by atoms with van der Waals surface area (Å²) in [6.07, 6.45) is 0. The Labute approximate surface area is 127 Å². The largest absolute Gasteiger partial charge is 0.497 e. The average Bonchev–Trinajstić information content (AvgIpc) is 2.96. The van der Waals surface area contributed by atoms with Gasteiger partial charge in [-0.3, -0.25) is 4.79 Å². The summed E-state index contributed by atoms with van der Waals surface area (Å²) >= 11 is 0. The summed E-state index contributed by atoms with van der Waals surface area (Å²) in [4.78, 5) is 12.1. The molecule has 1 N–H and O–H groups in total. The second kappa shape index (κ2) is 6.26. The number of fused-ring (bicyclic) bond motifs is 1. The van der Waals surface area contributed by atoms with Crippen LogP contribution in [-0.2, 0) is 17.9 Å². The summed E-state index contributed by atoms with van der Waals surface area (Å²) in [5.41, 5.74) is 2.61. The van der Waals surface area contributed by atoms with E-state index in [1.807, 2.05) is 48.5 Å². The minimum atomic E-state index is -0.113. The van der Waals surface area contributed by atoms with E-state index in [2.05, 4.69) is 15.6 Å². The third kappa shape index (κ3) is 3.06. The lowest BCUT2D eigenvalue weighted by Crippen LogP contribution is -2.27. The highest BCUT2D eigenvalue weighted by Gasteiger charge is 2.08. The van der Waals surface area contributed by atoms with Crippen molar-refractivity contribution in [3.8, 4) is 5.75 Å². The lowest BCUT2D eigenvalue weighted by molar-refractivity contribution is -0.121. The van der Waals surface area contributed by atoms with Gasteiger partial charge < -0.3 is 10.1 Å². The molecule has 0 saturated heterocycles. The quantitative estimate of drug-likeness (QED) is 0.779. The number of carbonyl (C=O) groups is 1. The molecule has 1 heterocycles. The van der Waals surface area contributed by atoms with E-state index >= 15 is 0 Å². The Morgan fingerprint density at radius 2 is 2.09 bits per heavy atom. The molecule has 0 fully saturated rings. The molecule has 112 valence electrons. The Morgan fingerprint density at radius 3 is 2.95 bits per heavy atom. The van der Waals surface area contributed by atoms with Crippen molar-refractivity contribution in [2.24, 2.45) is 0 Å². The molecule has 3 aromatic rings. The number of nitrogens with zero attached hydrogens (tertiary/aromatic N) is 3. The Hall–Kier alpha value is -2.89. The molecule has 0 radical (unpaired) electrons. The molecule has 0 atom stereocenters. The molecule has 0 aliphatic heterocycles. The van der Waals surface area contributed by atoms with Gasteiger partial charge in [-0.15, -0.1) is 5.10 Å². The van der Waals surface area contributed by atoms with Crippen molar-refractivity contribution in [2.75, 3.05) is 7.11 Å². The number of nitrogens with one attached hydrogen (secondary N) is 1. The number of amides is 1. The predicted octanol–water partition coefficient (Wildman–Crippen LogP) is 1.76. The molecular formula is C16H16N4O2. The fraction of sp³-hybridized carbons (Fsp3) is 0.188. The van der Waals surface area contributed by atoms with Gasteiger partial charge in [-0.2, -0.15) is 0 Å². The van der Waals surface area contributed by atoms with Gasteiger partial charge in [0.15, 0.2) is 0 Å². The van der Waals surface area contributed by atoms with Gasteiger partial charge in [0, 0.05) is 6.54 Å². The molecule has 22 heavy (non-hydrogen) atoms. The Kier molecular flexibility index (Phi) is 4.00. The van der Waals surface area contributed by atoms with Crippen LogP contribution in [0.5, 0.6) is 5.75 Å². The van der Waals surface area contributed by atoms with Crippen LogP contribution in [0.4, 0.5) is 0 Å². The highest BCUT2D eigenvalue weighted by molar-refractivity contribution is 5.79. The normalized spacial score (nSPS) is 10.6. The van der Waals surface area contributed by atoms with E-state index < -0.39 is 0 Å². The number of benzene rings is 2. The summed E-state index contributed by atoms with van der Waals surface area (Å²) in [7, 11) is 1.62. The van der Waals surface area contributed by atoms with Gasteiger partial charge in [0.1, 0.15) is 17.8 Å². The monoisotopic (exact) mass is 296 g/mol. The van der Waals surface area contributed by atoms with Crippen molar-refractivity contribution < 1.29 is 9.53 Å². The fourth-order valence-electron chi connectivity index (χ4n) is 2.21. The molecule has 0 spiro atoms. The molecule has 1 amide bonds. The predicted molar refractivity (Wildman–Crippen MR) is 82.4 cm³/mol. The zero-order valence-corrected chi connectivity index (χ0v) is 12.2. The molecule has 0 bridgehead atoms. The van der Waals surface area contributed by atoms with Gasteiger partial charge >= 0.3 is 0 Å². The number of aromatic nitrogens is 3. The van der Waals surface area contributed by atoms with E-state index in [1.165, 1.54) is 0 Å². The third-order valence-corrected chi connectivity index (χ3v) is 3.34. The maximum atomic E-state index is 12.1. The van der Waals surface area contributed by atoms with E-state index in [9.17, 15) is 4.79 Å². The number of para-hydroxylation sites is 1. The molecule has 3 rings (SSSR count). The molecule has 0 aliphatic rings. The highest BCUT2D eigenvalue weighted by Crippen LogP contribution is 2.12. The SMILES string of the molecule is COc1cccc(CNC(=O)Cn2nnc3ccccc32)c1. The fourth-order valence-corrected chi connectivity index (χ4v) is 2.21. The molecule has 2 aromatic carbocycles. The zero-order valence-electron chi connectivity index (χ0n) is 12.2. The van der Waals surface area contributed by atoms with Crippen LogP contribution in [-0.4, -0.2) is 28.0 Å². The minimum absolute atomic E-state index is 0.113. The van der Waals surface area contributed by atoms with Crippen molar-refractivity contribution in [1.82, 2.24) is 20.3 Å². The van der Waals surface area contributed by atoms with Crippen LogP contribution in [0, 0.1) is 0 Å². The summed E-state index contributed by atoms with van der Waals surface area (Å²) in [5, 5.41) is 10.9. The van der Waals surface area contributed by atoms with Crippen LogP contribution in [0.25, 0.3) is 11.0 Å². The molecular weight excluding hydrogens is 280 g/mol. The van der Waals surface area contributed by atoms with E-state index in [1.54, 1.807) is 11.8 Å². The summed E-state index contributed by atoms with van der Waals surface area (Å²) in [6.45, 7) is 0.590. The maximum Gasteiger partial charge on any atom is 0.242 e. The summed E-state index contributed by atoms with van der Waals surface area (Å²) in [5.74, 6) is 0.660. The maximum absolute atomic E-state index is 12.1. The number of methoxy groups -OCH3 is 1. The van der Waals surface area contributed by atoms with Crippen LogP contribution >= 0.6 is 0 Å². The van der Waals surface area contributed by atoms with E-state index in [4.69, 9.17) is 4.74 Å². The van der Waals surface area contributed by atoms with E-state index in [0.717, 1.165) is 22.3 Å². The smallest absolute Gasteiger partial charge is 0.242 e. The minimum Gasteiger partial charge on any atom is -0.497 e. The van der Waals surface area contributed by atoms with Gasteiger partial charge in [0.2, 0.25) is 5.91 Å². The molecule has 6 heteroatoms. The first-order chi connectivity index (χ1) is 10.8. The van der Waals surface area contributed by atoms with E-state index in [-0.39, 0.29) is 12.5 Å². The van der Waals surface area contributed by atoms with Crippen LogP contribution in [0.3, 0.4) is 0 Å². The molecule has 0 saturated carbocycles. The van der Waals surface area contributed by atoms with Crippen molar-refractivity contribution in [1.29, 1.82) is 0 Å². The molecule has 6 nitrogen and oxygen atoms in total. The summed E-state index contributed by atoms with van der Waals surface area (Å²) in [6, 6.07) is 15.1. The molecule has 0 unspecified atom stereocenters. The Bertz CT molecular complexity index is 797. The molecule has 0 aliphatic carbocycles. The van der Waals surface area contributed by atoms with Crippen molar-refractivity contribution >= 4 is 16.9 Å². The van der Waals surface area contributed by atoms with Gasteiger partial charge in [-0.1, -0.05) is 29.5 Å². The Balaban J connectivity index is 1.63. The lowest BCUT2D eigenvalue weighted by atomic mass is 10.2. The van der Waals surface area contributed by atoms with Crippen molar-refractivity contribution in [2.45, 2.75) is 13.1 Å². The average molecular weight is 296 g/mol. The second-order valence-electron chi connectivity index (χ2n) is 4.86. The number of hydrogen-bond donors (Lipinski definition) is 1. The van der Waals surface area contributed by atoms with Gasteiger partial charge in [0.05, 0.1) is 12.6 Å². The summed E-state index contributed by atoms with van der Waals surface area (Å²) < 4.78 is 6.75. The molecule has 1 aromatic heterocycles.